The number of aryl methyl sites for hydroxylation is 1. The highest BCUT2D eigenvalue weighted by atomic mass is 32.2. The number of sulfonamides is 1. The fraction of sp³-hybridized carbons (Fsp3) is 0.240. The second-order valence-corrected chi connectivity index (χ2v) is 9.48. The van der Waals surface area contributed by atoms with E-state index in [1.807, 2.05) is 30.3 Å². The van der Waals surface area contributed by atoms with Crippen molar-refractivity contribution in [2.24, 2.45) is 0 Å². The Morgan fingerprint density at radius 3 is 2.30 bits per heavy atom. The lowest BCUT2D eigenvalue weighted by Gasteiger charge is -2.23. The fourth-order valence-electron chi connectivity index (χ4n) is 3.29. The third-order valence-corrected chi connectivity index (χ3v) is 7.08. The van der Waals surface area contributed by atoms with Gasteiger partial charge in [0, 0.05) is 19.7 Å². The van der Waals surface area contributed by atoms with E-state index >= 15 is 0 Å². The number of carbonyl (C=O) groups excluding carboxylic acids is 1. The molecule has 7 nitrogen and oxygen atoms in total. The maximum Gasteiger partial charge on any atom is 0.264 e. The first-order valence-corrected chi connectivity index (χ1v) is 11.9. The summed E-state index contributed by atoms with van der Waals surface area (Å²) in [5, 5.41) is 0. The zero-order chi connectivity index (χ0) is 24.0. The standard InChI is InChI=1S/C25H28N2O5S/c1-19-14-15-21(33(29,30)27(3)23-12-8-9-13-24(23)31-4)18-22(19)25(28)26(2)16-17-32-20-10-6-5-7-11-20/h5-15,18H,16-17H2,1-4H3. The molecule has 33 heavy (non-hydrogen) atoms. The molecule has 0 heterocycles. The van der Waals surface area contributed by atoms with Crippen LogP contribution in [-0.2, 0) is 10.0 Å². The van der Waals surface area contributed by atoms with E-state index in [4.69, 9.17) is 9.47 Å². The minimum Gasteiger partial charge on any atom is -0.495 e. The van der Waals surface area contributed by atoms with Crippen LogP contribution in [0.15, 0.2) is 77.7 Å². The summed E-state index contributed by atoms with van der Waals surface area (Å²) in [4.78, 5) is 14.6. The molecule has 0 unspecified atom stereocenters. The summed E-state index contributed by atoms with van der Waals surface area (Å²) in [5.74, 6) is 0.883. The first-order valence-electron chi connectivity index (χ1n) is 10.4. The van der Waals surface area contributed by atoms with Gasteiger partial charge in [0.15, 0.2) is 0 Å². The molecule has 174 valence electrons. The summed E-state index contributed by atoms with van der Waals surface area (Å²) in [6.45, 7) is 2.45. The molecular formula is C25H28N2O5S. The second kappa shape index (κ2) is 10.4. The summed E-state index contributed by atoms with van der Waals surface area (Å²) < 4.78 is 38.7. The monoisotopic (exact) mass is 468 g/mol. The number of para-hydroxylation sites is 3. The van der Waals surface area contributed by atoms with Gasteiger partial charge in [-0.1, -0.05) is 36.4 Å². The minimum absolute atomic E-state index is 0.0267. The lowest BCUT2D eigenvalue weighted by molar-refractivity contribution is 0.0773. The molecule has 0 atom stereocenters. The third-order valence-electron chi connectivity index (χ3n) is 5.31. The van der Waals surface area contributed by atoms with Gasteiger partial charge in [0.2, 0.25) is 0 Å². The first-order chi connectivity index (χ1) is 15.8. The van der Waals surface area contributed by atoms with Crippen molar-refractivity contribution in [2.45, 2.75) is 11.8 Å². The number of amides is 1. The lowest BCUT2D eigenvalue weighted by Crippen LogP contribution is -2.32. The molecule has 0 fully saturated rings. The van der Waals surface area contributed by atoms with Crippen molar-refractivity contribution in [3.8, 4) is 11.5 Å². The van der Waals surface area contributed by atoms with E-state index in [2.05, 4.69) is 0 Å². The summed E-state index contributed by atoms with van der Waals surface area (Å²) in [5.41, 5.74) is 1.42. The van der Waals surface area contributed by atoms with Crippen LogP contribution in [0, 0.1) is 6.92 Å². The van der Waals surface area contributed by atoms with Gasteiger partial charge in [-0.15, -0.1) is 0 Å². The van der Waals surface area contributed by atoms with Crippen LogP contribution in [0.1, 0.15) is 15.9 Å². The maximum absolute atomic E-state index is 13.3. The minimum atomic E-state index is -3.92. The van der Waals surface area contributed by atoms with E-state index in [9.17, 15) is 13.2 Å². The Morgan fingerprint density at radius 1 is 0.939 bits per heavy atom. The Bertz CT molecular complexity index is 1210. The van der Waals surface area contributed by atoms with Crippen molar-refractivity contribution < 1.29 is 22.7 Å². The van der Waals surface area contributed by atoms with Crippen molar-refractivity contribution in [3.63, 3.8) is 0 Å². The van der Waals surface area contributed by atoms with Gasteiger partial charge in [0.25, 0.3) is 15.9 Å². The number of anilines is 1. The van der Waals surface area contributed by atoms with E-state index in [1.165, 1.54) is 31.2 Å². The van der Waals surface area contributed by atoms with Crippen LogP contribution in [0.4, 0.5) is 5.69 Å². The number of carbonyl (C=O) groups is 1. The van der Waals surface area contributed by atoms with Crippen LogP contribution < -0.4 is 13.8 Å². The smallest absolute Gasteiger partial charge is 0.264 e. The number of hydrogen-bond donors (Lipinski definition) is 0. The molecule has 3 aromatic carbocycles. The van der Waals surface area contributed by atoms with Gasteiger partial charge < -0.3 is 14.4 Å². The number of rotatable bonds is 9. The Labute approximate surface area is 195 Å². The molecule has 0 aliphatic rings. The van der Waals surface area contributed by atoms with Crippen molar-refractivity contribution in [1.29, 1.82) is 0 Å². The number of nitrogens with zero attached hydrogens (tertiary/aromatic N) is 2. The van der Waals surface area contributed by atoms with Crippen LogP contribution in [-0.4, -0.2) is 53.6 Å². The highest BCUT2D eigenvalue weighted by Crippen LogP contribution is 2.31. The van der Waals surface area contributed by atoms with Crippen molar-refractivity contribution in [2.75, 3.05) is 38.7 Å². The Morgan fingerprint density at radius 2 is 1.61 bits per heavy atom. The highest BCUT2D eigenvalue weighted by Gasteiger charge is 2.26. The third kappa shape index (κ3) is 5.46. The predicted octanol–water partition coefficient (Wildman–Crippen LogP) is 3.98. The molecule has 0 spiro atoms. The summed E-state index contributed by atoms with van der Waals surface area (Å²) in [6, 6.07) is 20.8. The largest absolute Gasteiger partial charge is 0.495 e. The van der Waals surface area contributed by atoms with Crippen molar-refractivity contribution in [3.05, 3.63) is 83.9 Å². The fourth-order valence-corrected chi connectivity index (χ4v) is 4.53. The number of methoxy groups -OCH3 is 1. The van der Waals surface area contributed by atoms with E-state index in [-0.39, 0.29) is 10.8 Å². The quantitative estimate of drug-likeness (QED) is 0.475. The molecule has 8 heteroatoms. The molecule has 0 aliphatic heterocycles. The first kappa shape index (κ1) is 24.1. The summed E-state index contributed by atoms with van der Waals surface area (Å²) in [6.07, 6.45) is 0. The molecule has 0 aliphatic carbocycles. The molecule has 0 radical (unpaired) electrons. The topological polar surface area (TPSA) is 76.2 Å². The number of hydrogen-bond acceptors (Lipinski definition) is 5. The van der Waals surface area contributed by atoms with Gasteiger partial charge >= 0.3 is 0 Å². The van der Waals surface area contributed by atoms with Crippen molar-refractivity contribution >= 4 is 21.6 Å². The second-order valence-electron chi connectivity index (χ2n) is 7.51. The van der Waals surface area contributed by atoms with Gasteiger partial charge in [-0.3, -0.25) is 9.10 Å². The van der Waals surface area contributed by atoms with Gasteiger partial charge in [0.05, 0.1) is 24.2 Å². The molecule has 3 rings (SSSR count). The van der Waals surface area contributed by atoms with Gasteiger partial charge in [-0.2, -0.15) is 0 Å². The van der Waals surface area contributed by atoms with Gasteiger partial charge in [0.1, 0.15) is 18.1 Å². The number of likely N-dealkylation sites (N-methyl/N-ethyl adjacent to an activating group) is 1. The Balaban J connectivity index is 1.79. The van der Waals surface area contributed by atoms with E-state index < -0.39 is 10.0 Å². The number of ether oxygens (including phenoxy) is 2. The molecular weight excluding hydrogens is 440 g/mol. The highest BCUT2D eigenvalue weighted by molar-refractivity contribution is 7.92. The SMILES string of the molecule is COc1ccccc1N(C)S(=O)(=O)c1ccc(C)c(C(=O)N(C)CCOc2ccccc2)c1. The van der Waals surface area contributed by atoms with Gasteiger partial charge in [-0.25, -0.2) is 8.42 Å². The average Bonchev–Trinajstić information content (AvgIpc) is 2.83. The van der Waals surface area contributed by atoms with E-state index in [1.54, 1.807) is 44.3 Å². The Kier molecular flexibility index (Phi) is 7.60. The van der Waals surface area contributed by atoms with Crippen LogP contribution in [0.3, 0.4) is 0 Å². The molecule has 0 saturated heterocycles. The van der Waals surface area contributed by atoms with Crippen LogP contribution in [0.5, 0.6) is 11.5 Å². The maximum atomic E-state index is 13.3. The molecule has 0 N–H and O–H groups in total. The van der Waals surface area contributed by atoms with Crippen molar-refractivity contribution in [1.82, 2.24) is 4.90 Å². The zero-order valence-corrected chi connectivity index (χ0v) is 20.0. The average molecular weight is 469 g/mol. The van der Waals surface area contributed by atoms with Crippen LogP contribution in [0.25, 0.3) is 0 Å². The molecule has 3 aromatic rings. The van der Waals surface area contributed by atoms with Gasteiger partial charge in [-0.05, 0) is 48.9 Å². The summed E-state index contributed by atoms with van der Waals surface area (Å²) >= 11 is 0. The number of benzene rings is 3. The molecule has 0 bridgehead atoms. The Hall–Kier alpha value is -3.52. The lowest BCUT2D eigenvalue weighted by atomic mass is 10.1. The summed E-state index contributed by atoms with van der Waals surface area (Å²) in [7, 11) is 0.692. The molecule has 0 aromatic heterocycles. The molecule has 0 saturated carbocycles. The van der Waals surface area contributed by atoms with Crippen LogP contribution >= 0.6 is 0 Å². The van der Waals surface area contributed by atoms with E-state index in [0.29, 0.717) is 35.7 Å². The van der Waals surface area contributed by atoms with E-state index in [0.717, 1.165) is 10.1 Å². The predicted molar refractivity (Wildman–Crippen MR) is 129 cm³/mol. The normalized spacial score (nSPS) is 11.0. The van der Waals surface area contributed by atoms with Crippen LogP contribution in [0.2, 0.25) is 0 Å². The molecule has 1 amide bonds. The zero-order valence-electron chi connectivity index (χ0n) is 19.2.